The van der Waals surface area contributed by atoms with E-state index in [1.54, 1.807) is 7.11 Å². The molecule has 1 aliphatic rings. The maximum Gasteiger partial charge on any atom is 0.123 e. The Bertz CT molecular complexity index is 423. The van der Waals surface area contributed by atoms with Crippen LogP contribution in [0.5, 0.6) is 5.75 Å². The summed E-state index contributed by atoms with van der Waals surface area (Å²) in [5.74, 6) is 0.935. The number of nitrogens with zero attached hydrogens (tertiary/aromatic N) is 1. The minimum absolute atomic E-state index is 0. The highest BCUT2D eigenvalue weighted by Gasteiger charge is 2.21. The summed E-state index contributed by atoms with van der Waals surface area (Å²) in [4.78, 5) is 2.58. The van der Waals surface area contributed by atoms with Crippen LogP contribution >= 0.6 is 24.0 Å². The zero-order chi connectivity index (χ0) is 14.4. The lowest BCUT2D eigenvalue weighted by Crippen LogP contribution is -2.43. The van der Waals surface area contributed by atoms with Crippen LogP contribution in [0.15, 0.2) is 18.2 Å². The van der Waals surface area contributed by atoms with Gasteiger partial charge in [-0.05, 0) is 57.1 Å². The van der Waals surface area contributed by atoms with Gasteiger partial charge in [-0.2, -0.15) is 0 Å². The second kappa shape index (κ2) is 9.52. The van der Waals surface area contributed by atoms with Crippen LogP contribution in [0, 0.1) is 0 Å². The molecule has 1 aliphatic heterocycles. The van der Waals surface area contributed by atoms with E-state index >= 15 is 0 Å². The Morgan fingerprint density at radius 2 is 2.05 bits per heavy atom. The number of hydrogen-bond donors (Lipinski definition) is 1. The van der Waals surface area contributed by atoms with Crippen LogP contribution in [0.4, 0.5) is 0 Å². The zero-order valence-electron chi connectivity index (χ0n) is 12.9. The van der Waals surface area contributed by atoms with Gasteiger partial charge in [-0.15, -0.1) is 12.4 Å². The lowest BCUT2D eigenvalue weighted by molar-refractivity contribution is 0.152. The minimum Gasteiger partial charge on any atom is -0.496 e. The Kier molecular flexibility index (Phi) is 8.42. The predicted octanol–water partition coefficient (Wildman–Crippen LogP) is 3.73. The van der Waals surface area contributed by atoms with Gasteiger partial charge in [0.05, 0.1) is 7.11 Å². The fourth-order valence-corrected chi connectivity index (χ4v) is 3.13. The molecule has 5 heteroatoms. The molecule has 0 radical (unpaired) electrons. The first-order chi connectivity index (χ1) is 9.74. The highest BCUT2D eigenvalue weighted by molar-refractivity contribution is 6.30. The van der Waals surface area contributed by atoms with E-state index in [0.29, 0.717) is 6.04 Å². The van der Waals surface area contributed by atoms with Crippen molar-refractivity contribution in [3.05, 3.63) is 28.8 Å². The van der Waals surface area contributed by atoms with Crippen molar-refractivity contribution in [3.8, 4) is 5.75 Å². The highest BCUT2D eigenvalue weighted by Crippen LogP contribution is 2.26. The van der Waals surface area contributed by atoms with Crippen LogP contribution in [-0.4, -0.2) is 37.7 Å². The fraction of sp³-hybridized carbons (Fsp3) is 0.625. The van der Waals surface area contributed by atoms with E-state index in [-0.39, 0.29) is 12.4 Å². The Hall–Kier alpha value is -0.480. The molecule has 1 heterocycles. The van der Waals surface area contributed by atoms with E-state index in [1.807, 2.05) is 18.2 Å². The van der Waals surface area contributed by atoms with E-state index in [2.05, 4.69) is 17.1 Å². The van der Waals surface area contributed by atoms with Gasteiger partial charge in [0.15, 0.2) is 0 Å². The first kappa shape index (κ1) is 18.6. The topological polar surface area (TPSA) is 24.5 Å². The molecule has 21 heavy (non-hydrogen) atoms. The first-order valence-corrected chi connectivity index (χ1v) is 7.89. The van der Waals surface area contributed by atoms with Crippen LogP contribution in [0.25, 0.3) is 0 Å². The maximum atomic E-state index is 6.14. The molecule has 1 aromatic carbocycles. The van der Waals surface area contributed by atoms with Gasteiger partial charge < -0.3 is 10.1 Å². The van der Waals surface area contributed by atoms with Crippen molar-refractivity contribution in [2.24, 2.45) is 0 Å². The summed E-state index contributed by atoms with van der Waals surface area (Å²) in [7, 11) is 1.72. The van der Waals surface area contributed by atoms with Gasteiger partial charge in [-0.25, -0.2) is 0 Å². The smallest absolute Gasteiger partial charge is 0.123 e. The molecule has 1 N–H and O–H groups in total. The molecule has 0 aromatic heterocycles. The van der Waals surface area contributed by atoms with E-state index in [4.69, 9.17) is 16.3 Å². The quantitative estimate of drug-likeness (QED) is 0.858. The van der Waals surface area contributed by atoms with Crippen molar-refractivity contribution in [2.75, 3.05) is 26.7 Å². The van der Waals surface area contributed by atoms with E-state index < -0.39 is 0 Å². The molecule has 0 atom stereocenters. The third kappa shape index (κ3) is 5.33. The van der Waals surface area contributed by atoms with Gasteiger partial charge >= 0.3 is 0 Å². The average Bonchev–Trinajstić information content (AvgIpc) is 2.48. The maximum absolute atomic E-state index is 6.14. The lowest BCUT2D eigenvalue weighted by atomic mass is 10.0. The third-order valence-corrected chi connectivity index (χ3v) is 4.19. The second-order valence-electron chi connectivity index (χ2n) is 5.41. The van der Waals surface area contributed by atoms with Crippen molar-refractivity contribution in [2.45, 2.75) is 38.8 Å². The van der Waals surface area contributed by atoms with Gasteiger partial charge in [0, 0.05) is 23.2 Å². The van der Waals surface area contributed by atoms with Crippen LogP contribution in [0.3, 0.4) is 0 Å². The van der Waals surface area contributed by atoms with Gasteiger partial charge in [0.1, 0.15) is 5.75 Å². The van der Waals surface area contributed by atoms with Gasteiger partial charge in [-0.1, -0.05) is 18.5 Å². The van der Waals surface area contributed by atoms with Crippen molar-refractivity contribution in [1.29, 1.82) is 0 Å². The number of ether oxygens (including phenoxy) is 1. The van der Waals surface area contributed by atoms with Crippen LogP contribution in [-0.2, 0) is 6.54 Å². The van der Waals surface area contributed by atoms with E-state index in [1.165, 1.54) is 24.8 Å². The molecule has 0 aliphatic carbocycles. The normalized spacial score (nSPS) is 15.8. The monoisotopic (exact) mass is 332 g/mol. The number of hydrogen-bond acceptors (Lipinski definition) is 3. The Labute approximate surface area is 139 Å². The third-order valence-electron chi connectivity index (χ3n) is 3.95. The number of halogens is 2. The Balaban J connectivity index is 0.00000220. The van der Waals surface area contributed by atoms with E-state index in [0.717, 1.165) is 37.0 Å². The highest BCUT2D eigenvalue weighted by atomic mass is 35.5. The van der Waals surface area contributed by atoms with Crippen LogP contribution in [0.2, 0.25) is 5.02 Å². The molecule has 1 saturated heterocycles. The molecule has 2 rings (SSSR count). The van der Waals surface area contributed by atoms with Crippen molar-refractivity contribution >= 4 is 24.0 Å². The SMILES string of the molecule is CCCN(Cc1cc(Cl)ccc1OC)C1CCNCC1.Cl. The molecule has 0 amide bonds. The fourth-order valence-electron chi connectivity index (χ4n) is 2.94. The van der Waals surface area contributed by atoms with Crippen LogP contribution in [0.1, 0.15) is 31.7 Å². The van der Waals surface area contributed by atoms with E-state index in [9.17, 15) is 0 Å². The second-order valence-corrected chi connectivity index (χ2v) is 5.84. The largest absolute Gasteiger partial charge is 0.496 e. The first-order valence-electron chi connectivity index (χ1n) is 7.51. The number of nitrogens with one attached hydrogen (secondary N) is 1. The molecular weight excluding hydrogens is 307 g/mol. The van der Waals surface area contributed by atoms with Gasteiger partial charge in [0.25, 0.3) is 0 Å². The summed E-state index contributed by atoms with van der Waals surface area (Å²) < 4.78 is 5.47. The zero-order valence-corrected chi connectivity index (χ0v) is 14.5. The lowest BCUT2D eigenvalue weighted by Gasteiger charge is -2.34. The summed E-state index contributed by atoms with van der Waals surface area (Å²) in [6, 6.07) is 6.55. The molecular formula is C16H26Cl2N2O. The van der Waals surface area contributed by atoms with Crippen molar-refractivity contribution < 1.29 is 4.74 Å². The molecule has 3 nitrogen and oxygen atoms in total. The number of benzene rings is 1. The molecule has 0 spiro atoms. The average molecular weight is 333 g/mol. The van der Waals surface area contributed by atoms with Crippen molar-refractivity contribution in [3.63, 3.8) is 0 Å². The molecule has 120 valence electrons. The summed E-state index contributed by atoms with van der Waals surface area (Å²) in [6.45, 7) is 6.53. The summed E-state index contributed by atoms with van der Waals surface area (Å²) >= 11 is 6.14. The molecule has 1 fully saturated rings. The Morgan fingerprint density at radius 1 is 1.33 bits per heavy atom. The van der Waals surface area contributed by atoms with Gasteiger partial charge in [-0.3, -0.25) is 4.90 Å². The van der Waals surface area contributed by atoms with Crippen molar-refractivity contribution in [1.82, 2.24) is 10.2 Å². The van der Waals surface area contributed by atoms with Gasteiger partial charge in [0.2, 0.25) is 0 Å². The summed E-state index contributed by atoms with van der Waals surface area (Å²) in [6.07, 6.45) is 3.62. The molecule has 1 aromatic rings. The Morgan fingerprint density at radius 3 is 2.67 bits per heavy atom. The standard InChI is InChI=1S/C16H25ClN2O.ClH/c1-3-10-19(15-6-8-18-9-7-15)12-13-11-14(17)4-5-16(13)20-2;/h4-5,11,15,18H,3,6-10,12H2,1-2H3;1H. The molecule has 0 saturated carbocycles. The summed E-state index contributed by atoms with van der Waals surface area (Å²) in [5.41, 5.74) is 1.19. The summed E-state index contributed by atoms with van der Waals surface area (Å²) in [5, 5.41) is 4.21. The minimum atomic E-state index is 0. The number of piperidine rings is 1. The van der Waals surface area contributed by atoms with Crippen LogP contribution < -0.4 is 10.1 Å². The predicted molar refractivity (Wildman–Crippen MR) is 91.8 cm³/mol. The molecule has 0 bridgehead atoms. The number of rotatable bonds is 6. The number of methoxy groups -OCH3 is 1. The molecule has 0 unspecified atom stereocenters.